The molecule has 1 atom stereocenters. The number of rotatable bonds is 5. The molecule has 2 rings (SSSR count). The van der Waals surface area contributed by atoms with Crippen LogP contribution in [0.15, 0.2) is 24.3 Å². The van der Waals surface area contributed by atoms with Gasteiger partial charge in [-0.3, -0.25) is 4.79 Å². The SMILES string of the molecule is CCOCC(=O)NCC1(O)CCc2ccccc2C1. The van der Waals surface area contributed by atoms with Crippen molar-refractivity contribution in [2.24, 2.45) is 0 Å². The lowest BCUT2D eigenvalue weighted by Crippen LogP contribution is -2.47. The summed E-state index contributed by atoms with van der Waals surface area (Å²) in [5.41, 5.74) is 1.64. The maximum absolute atomic E-state index is 11.5. The first kappa shape index (κ1) is 14.0. The molecule has 1 amide bonds. The highest BCUT2D eigenvalue weighted by atomic mass is 16.5. The Bertz CT molecular complexity index is 447. The molecule has 0 radical (unpaired) electrons. The minimum atomic E-state index is -0.837. The summed E-state index contributed by atoms with van der Waals surface area (Å²) in [6.45, 7) is 2.71. The Hall–Kier alpha value is -1.39. The fraction of sp³-hybridized carbons (Fsp3) is 0.533. The average molecular weight is 263 g/mol. The smallest absolute Gasteiger partial charge is 0.246 e. The summed E-state index contributed by atoms with van der Waals surface area (Å²) < 4.78 is 5.03. The van der Waals surface area contributed by atoms with Gasteiger partial charge in [-0.15, -0.1) is 0 Å². The van der Waals surface area contributed by atoms with Crippen LogP contribution in [0.4, 0.5) is 0 Å². The third-order valence-electron chi connectivity index (χ3n) is 3.55. The van der Waals surface area contributed by atoms with Gasteiger partial charge >= 0.3 is 0 Å². The molecule has 0 saturated carbocycles. The first-order valence-corrected chi connectivity index (χ1v) is 6.76. The molecular weight excluding hydrogens is 242 g/mol. The van der Waals surface area contributed by atoms with Gasteiger partial charge in [0.25, 0.3) is 0 Å². The normalized spacial score (nSPS) is 21.8. The minimum Gasteiger partial charge on any atom is -0.388 e. The van der Waals surface area contributed by atoms with E-state index in [-0.39, 0.29) is 19.1 Å². The maximum Gasteiger partial charge on any atom is 0.246 e. The van der Waals surface area contributed by atoms with Crippen molar-refractivity contribution in [1.29, 1.82) is 0 Å². The zero-order valence-electron chi connectivity index (χ0n) is 11.3. The van der Waals surface area contributed by atoms with Crippen LogP contribution in [0, 0.1) is 0 Å². The van der Waals surface area contributed by atoms with Gasteiger partial charge in [0.2, 0.25) is 5.91 Å². The summed E-state index contributed by atoms with van der Waals surface area (Å²) in [7, 11) is 0. The minimum absolute atomic E-state index is 0.0587. The van der Waals surface area contributed by atoms with Gasteiger partial charge in [-0.25, -0.2) is 0 Å². The van der Waals surface area contributed by atoms with Crippen LogP contribution in [-0.2, 0) is 22.4 Å². The number of hydrogen-bond acceptors (Lipinski definition) is 3. The molecule has 1 aromatic rings. The highest BCUT2D eigenvalue weighted by Gasteiger charge is 2.32. The van der Waals surface area contributed by atoms with Crippen LogP contribution in [0.5, 0.6) is 0 Å². The summed E-state index contributed by atoms with van der Waals surface area (Å²) >= 11 is 0. The number of nitrogens with one attached hydrogen (secondary N) is 1. The summed E-state index contributed by atoms with van der Waals surface area (Å²) in [5.74, 6) is -0.172. The first-order valence-electron chi connectivity index (χ1n) is 6.76. The van der Waals surface area contributed by atoms with Crippen LogP contribution < -0.4 is 5.32 Å². The second-order valence-corrected chi connectivity index (χ2v) is 5.08. The molecule has 0 aromatic heterocycles. The number of carbonyl (C=O) groups excluding carboxylic acids is 1. The van der Waals surface area contributed by atoms with E-state index in [1.165, 1.54) is 11.1 Å². The van der Waals surface area contributed by atoms with Gasteiger partial charge in [0, 0.05) is 19.6 Å². The van der Waals surface area contributed by atoms with Crippen molar-refractivity contribution in [3.63, 3.8) is 0 Å². The lowest BCUT2D eigenvalue weighted by Gasteiger charge is -2.33. The van der Waals surface area contributed by atoms with E-state index in [9.17, 15) is 9.90 Å². The third-order valence-corrected chi connectivity index (χ3v) is 3.55. The van der Waals surface area contributed by atoms with Gasteiger partial charge in [-0.1, -0.05) is 24.3 Å². The van der Waals surface area contributed by atoms with Crippen molar-refractivity contribution in [2.75, 3.05) is 19.8 Å². The van der Waals surface area contributed by atoms with Gasteiger partial charge in [-0.2, -0.15) is 0 Å². The summed E-state index contributed by atoms with van der Waals surface area (Å²) in [4.78, 5) is 11.5. The highest BCUT2D eigenvalue weighted by Crippen LogP contribution is 2.28. The van der Waals surface area contributed by atoms with Crippen molar-refractivity contribution in [2.45, 2.75) is 31.8 Å². The number of aryl methyl sites for hydroxylation is 1. The predicted molar refractivity (Wildman–Crippen MR) is 72.9 cm³/mol. The molecule has 2 N–H and O–H groups in total. The van der Waals surface area contributed by atoms with Crippen LogP contribution in [-0.4, -0.2) is 36.4 Å². The third kappa shape index (κ3) is 3.78. The molecular formula is C15H21NO3. The summed E-state index contributed by atoms with van der Waals surface area (Å²) in [6, 6.07) is 8.15. The molecule has 1 aliphatic carbocycles. The van der Waals surface area contributed by atoms with Gasteiger partial charge in [0.1, 0.15) is 6.61 Å². The molecule has 104 valence electrons. The van der Waals surface area contributed by atoms with E-state index in [1.54, 1.807) is 0 Å². The zero-order valence-corrected chi connectivity index (χ0v) is 11.3. The molecule has 1 aliphatic rings. The van der Waals surface area contributed by atoms with Crippen LogP contribution >= 0.6 is 0 Å². The second-order valence-electron chi connectivity index (χ2n) is 5.08. The Morgan fingerprint density at radius 3 is 2.89 bits per heavy atom. The van der Waals surface area contributed by atoms with Crippen LogP contribution in [0.3, 0.4) is 0 Å². The quantitative estimate of drug-likeness (QED) is 0.835. The highest BCUT2D eigenvalue weighted by molar-refractivity contribution is 5.77. The molecule has 19 heavy (non-hydrogen) atoms. The Morgan fingerprint density at radius 2 is 2.16 bits per heavy atom. The van der Waals surface area contributed by atoms with Crippen molar-refractivity contribution >= 4 is 5.91 Å². The second kappa shape index (κ2) is 6.17. The molecule has 0 heterocycles. The molecule has 1 aromatic carbocycles. The number of fused-ring (bicyclic) bond motifs is 1. The van der Waals surface area contributed by atoms with Gasteiger partial charge in [0.05, 0.1) is 5.60 Å². The monoisotopic (exact) mass is 263 g/mol. The van der Waals surface area contributed by atoms with Gasteiger partial charge in [0.15, 0.2) is 0 Å². The largest absolute Gasteiger partial charge is 0.388 e. The van der Waals surface area contributed by atoms with Crippen molar-refractivity contribution < 1.29 is 14.6 Å². The Labute approximate surface area is 113 Å². The lowest BCUT2D eigenvalue weighted by atomic mass is 9.80. The van der Waals surface area contributed by atoms with Crippen LogP contribution in [0.1, 0.15) is 24.5 Å². The Balaban J connectivity index is 1.89. The molecule has 0 aliphatic heterocycles. The predicted octanol–water partition coefficient (Wildman–Crippen LogP) is 1.06. The Kier molecular flexibility index (Phi) is 4.56. The van der Waals surface area contributed by atoms with Gasteiger partial charge in [-0.05, 0) is 30.9 Å². The molecule has 4 nitrogen and oxygen atoms in total. The Morgan fingerprint density at radius 1 is 1.42 bits per heavy atom. The number of aliphatic hydroxyl groups is 1. The van der Waals surface area contributed by atoms with Crippen molar-refractivity contribution in [3.8, 4) is 0 Å². The van der Waals surface area contributed by atoms with Crippen molar-refractivity contribution in [3.05, 3.63) is 35.4 Å². The topological polar surface area (TPSA) is 58.6 Å². The van der Waals surface area contributed by atoms with Crippen molar-refractivity contribution in [1.82, 2.24) is 5.32 Å². The van der Waals surface area contributed by atoms with E-state index in [0.717, 1.165) is 6.42 Å². The number of amides is 1. The lowest BCUT2D eigenvalue weighted by molar-refractivity contribution is -0.126. The molecule has 0 fully saturated rings. The van der Waals surface area contributed by atoms with E-state index < -0.39 is 5.60 Å². The average Bonchev–Trinajstić information content (AvgIpc) is 2.43. The molecule has 1 unspecified atom stereocenters. The number of ether oxygens (including phenoxy) is 1. The summed E-state index contributed by atoms with van der Waals surface area (Å²) in [5, 5.41) is 13.3. The fourth-order valence-electron chi connectivity index (χ4n) is 2.44. The fourth-order valence-corrected chi connectivity index (χ4v) is 2.44. The van der Waals surface area contributed by atoms with E-state index in [0.29, 0.717) is 19.4 Å². The zero-order chi connectivity index (χ0) is 13.7. The molecule has 0 bridgehead atoms. The van der Waals surface area contributed by atoms with E-state index in [2.05, 4.69) is 11.4 Å². The first-order chi connectivity index (χ1) is 9.13. The standard InChI is InChI=1S/C15H21NO3/c1-2-19-10-14(17)16-11-15(18)8-7-12-5-3-4-6-13(12)9-15/h3-6,18H,2,7-11H2,1H3,(H,16,17). The number of hydrogen-bond donors (Lipinski definition) is 2. The number of benzene rings is 1. The number of carbonyl (C=O) groups is 1. The molecule has 0 spiro atoms. The van der Waals surface area contributed by atoms with Crippen LogP contribution in [0.2, 0.25) is 0 Å². The molecule has 4 heteroatoms. The molecule has 0 saturated heterocycles. The van der Waals surface area contributed by atoms with E-state index in [4.69, 9.17) is 4.74 Å². The maximum atomic E-state index is 11.5. The van der Waals surface area contributed by atoms with Crippen LogP contribution in [0.25, 0.3) is 0 Å². The van der Waals surface area contributed by atoms with Gasteiger partial charge < -0.3 is 15.2 Å². The summed E-state index contributed by atoms with van der Waals surface area (Å²) in [6.07, 6.45) is 2.13. The van der Waals surface area contributed by atoms with E-state index in [1.807, 2.05) is 25.1 Å². The van der Waals surface area contributed by atoms with E-state index >= 15 is 0 Å².